The highest BCUT2D eigenvalue weighted by Crippen LogP contribution is 2.28. The Morgan fingerprint density at radius 2 is 1.85 bits per heavy atom. The summed E-state index contributed by atoms with van der Waals surface area (Å²) in [7, 11) is 0. The van der Waals surface area contributed by atoms with Crippen molar-refractivity contribution >= 4 is 28.9 Å². The minimum atomic E-state index is -0.430. The predicted molar refractivity (Wildman–Crippen MR) is 74.9 cm³/mol. The molecule has 3 rings (SSSR count). The molecule has 0 fully saturated rings. The van der Waals surface area contributed by atoms with Gasteiger partial charge >= 0.3 is 0 Å². The lowest BCUT2D eigenvalue weighted by Crippen LogP contribution is -2.24. The molecule has 6 heteroatoms. The number of ketones is 2. The van der Waals surface area contributed by atoms with Crippen molar-refractivity contribution in [1.29, 1.82) is 0 Å². The van der Waals surface area contributed by atoms with Gasteiger partial charge in [-0.15, -0.1) is 0 Å². The van der Waals surface area contributed by atoms with Crippen LogP contribution in [0, 0.1) is 6.92 Å². The molecule has 0 saturated carbocycles. The molecule has 0 radical (unpaired) electrons. The summed E-state index contributed by atoms with van der Waals surface area (Å²) in [5.74, 6) is -0.319. The molecule has 0 atom stereocenters. The third-order valence-electron chi connectivity index (χ3n) is 2.95. The number of H-pyrrole nitrogens is 1. The number of rotatable bonds is 2. The molecule has 2 N–H and O–H groups in total. The first kappa shape index (κ1) is 12.6. The summed E-state index contributed by atoms with van der Waals surface area (Å²) in [5.41, 5.74) is 0.991. The highest BCUT2D eigenvalue weighted by molar-refractivity contribution is 6.49. The molecule has 0 spiro atoms. The van der Waals surface area contributed by atoms with E-state index in [0.717, 1.165) is 0 Å². The number of imidazole rings is 1. The summed E-state index contributed by atoms with van der Waals surface area (Å²) >= 11 is 6.01. The number of aryl methyl sites for hydroxylation is 1. The van der Waals surface area contributed by atoms with Crippen LogP contribution in [-0.4, -0.2) is 21.5 Å². The van der Waals surface area contributed by atoms with Crippen LogP contribution in [0.15, 0.2) is 41.1 Å². The van der Waals surface area contributed by atoms with Gasteiger partial charge in [-0.3, -0.25) is 9.59 Å². The maximum atomic E-state index is 12.4. The maximum absolute atomic E-state index is 12.4. The Morgan fingerprint density at radius 3 is 2.55 bits per heavy atom. The first-order valence-electron chi connectivity index (χ1n) is 5.96. The number of nitrogens with one attached hydrogen (secondary N) is 2. The lowest BCUT2D eigenvalue weighted by molar-refractivity contribution is 0.0977. The van der Waals surface area contributed by atoms with E-state index in [-0.39, 0.29) is 22.1 Å². The molecule has 0 bridgehead atoms. The number of para-hydroxylation sites is 1. The van der Waals surface area contributed by atoms with Crippen molar-refractivity contribution < 1.29 is 9.59 Å². The number of carbonyl (C=O) groups is 2. The van der Waals surface area contributed by atoms with Crippen molar-refractivity contribution in [3.63, 3.8) is 0 Å². The predicted octanol–water partition coefficient (Wildman–Crippen LogP) is 2.66. The topological polar surface area (TPSA) is 74.8 Å². The number of fused-ring (bicyclic) bond motifs is 1. The highest BCUT2D eigenvalue weighted by Gasteiger charge is 2.34. The van der Waals surface area contributed by atoms with Crippen LogP contribution in [-0.2, 0) is 0 Å². The molecule has 0 aliphatic heterocycles. The lowest BCUT2D eigenvalue weighted by atomic mass is 10.0. The maximum Gasteiger partial charge on any atom is 0.231 e. The van der Waals surface area contributed by atoms with Crippen LogP contribution in [0.25, 0.3) is 0 Å². The molecule has 1 heterocycles. The first-order chi connectivity index (χ1) is 9.58. The summed E-state index contributed by atoms with van der Waals surface area (Å²) < 4.78 is 0. The van der Waals surface area contributed by atoms with Crippen LogP contribution in [0.2, 0.25) is 0 Å². The van der Waals surface area contributed by atoms with Crippen molar-refractivity contribution in [1.82, 2.24) is 9.97 Å². The van der Waals surface area contributed by atoms with Crippen LogP contribution in [0.1, 0.15) is 26.8 Å². The zero-order valence-electron chi connectivity index (χ0n) is 10.5. The molecule has 1 aromatic heterocycles. The Morgan fingerprint density at radius 1 is 1.15 bits per heavy atom. The number of benzene rings is 1. The van der Waals surface area contributed by atoms with E-state index in [1.165, 1.54) is 0 Å². The van der Waals surface area contributed by atoms with Crippen LogP contribution < -0.4 is 5.32 Å². The third kappa shape index (κ3) is 1.92. The van der Waals surface area contributed by atoms with Gasteiger partial charge in [-0.1, -0.05) is 29.8 Å². The zero-order chi connectivity index (χ0) is 14.3. The average molecular weight is 288 g/mol. The Bertz CT molecular complexity index is 747. The summed E-state index contributed by atoms with van der Waals surface area (Å²) in [5, 5.41) is 2.75. The van der Waals surface area contributed by atoms with Gasteiger partial charge in [-0.05, 0) is 19.1 Å². The van der Waals surface area contributed by atoms with Gasteiger partial charge in [0.15, 0.2) is 0 Å². The van der Waals surface area contributed by atoms with E-state index in [1.807, 2.05) is 18.2 Å². The standard InChI is InChI=1S/C14H10ClN3O2/c1-7-16-11-12(17-7)14(20)10(9(15)13(11)19)18-8-5-3-2-4-6-8/h2-6,18H,1H3,(H,16,17). The summed E-state index contributed by atoms with van der Waals surface area (Å²) in [4.78, 5) is 31.3. The van der Waals surface area contributed by atoms with E-state index >= 15 is 0 Å². The molecule has 1 aliphatic rings. The highest BCUT2D eigenvalue weighted by atomic mass is 35.5. The minimum Gasteiger partial charge on any atom is -0.351 e. The molecule has 0 amide bonds. The van der Waals surface area contributed by atoms with Crippen molar-refractivity contribution in [2.24, 2.45) is 0 Å². The third-order valence-corrected chi connectivity index (χ3v) is 3.31. The van der Waals surface area contributed by atoms with Crippen LogP contribution in [0.3, 0.4) is 0 Å². The number of hydrogen-bond acceptors (Lipinski definition) is 4. The van der Waals surface area contributed by atoms with E-state index in [2.05, 4.69) is 15.3 Å². The SMILES string of the molecule is Cc1nc2c([nH]1)C(=O)C(Cl)=C(Nc1ccccc1)C2=O. The molecule has 5 nitrogen and oxygen atoms in total. The number of carbonyl (C=O) groups excluding carboxylic acids is 2. The fourth-order valence-electron chi connectivity index (χ4n) is 2.04. The van der Waals surface area contributed by atoms with Crippen molar-refractivity contribution in [3.8, 4) is 0 Å². The second kappa shape index (κ2) is 4.61. The molecule has 0 unspecified atom stereocenters. The van der Waals surface area contributed by atoms with Gasteiger partial charge in [0, 0.05) is 5.69 Å². The zero-order valence-corrected chi connectivity index (χ0v) is 11.3. The normalized spacial score (nSPS) is 14.5. The van der Waals surface area contributed by atoms with Gasteiger partial charge in [0.2, 0.25) is 11.6 Å². The van der Waals surface area contributed by atoms with Crippen molar-refractivity contribution in [2.45, 2.75) is 6.92 Å². The molecule has 100 valence electrons. The average Bonchev–Trinajstić information content (AvgIpc) is 2.85. The Kier molecular flexibility index (Phi) is 2.91. The molecular weight excluding hydrogens is 278 g/mol. The number of nitrogens with zero attached hydrogens (tertiary/aromatic N) is 1. The molecule has 1 aromatic carbocycles. The first-order valence-corrected chi connectivity index (χ1v) is 6.33. The number of halogens is 1. The second-order valence-electron chi connectivity index (χ2n) is 4.38. The largest absolute Gasteiger partial charge is 0.351 e. The smallest absolute Gasteiger partial charge is 0.231 e. The molecule has 2 aromatic rings. The summed E-state index contributed by atoms with van der Waals surface area (Å²) in [6.45, 7) is 1.68. The van der Waals surface area contributed by atoms with Crippen LogP contribution in [0.5, 0.6) is 0 Å². The lowest BCUT2D eigenvalue weighted by Gasteiger charge is -2.15. The van der Waals surface area contributed by atoms with Gasteiger partial charge < -0.3 is 10.3 Å². The quantitative estimate of drug-likeness (QED) is 0.890. The molecule has 1 aliphatic carbocycles. The van der Waals surface area contributed by atoms with E-state index < -0.39 is 11.6 Å². The number of aromatic nitrogens is 2. The van der Waals surface area contributed by atoms with E-state index in [1.54, 1.807) is 19.1 Å². The minimum absolute atomic E-state index is 0.0573. The Labute approximate surface area is 119 Å². The number of hydrogen-bond donors (Lipinski definition) is 2. The number of aromatic amines is 1. The molecule has 0 saturated heterocycles. The Hall–Kier alpha value is -2.40. The summed E-state index contributed by atoms with van der Waals surface area (Å²) in [6.07, 6.45) is 0. The van der Waals surface area contributed by atoms with Crippen LogP contribution in [0.4, 0.5) is 5.69 Å². The van der Waals surface area contributed by atoms with Gasteiger partial charge in [-0.2, -0.15) is 0 Å². The van der Waals surface area contributed by atoms with Gasteiger partial charge in [0.1, 0.15) is 27.9 Å². The van der Waals surface area contributed by atoms with Crippen molar-refractivity contribution in [3.05, 3.63) is 58.3 Å². The van der Waals surface area contributed by atoms with Gasteiger partial charge in [0.05, 0.1) is 0 Å². The fraction of sp³-hybridized carbons (Fsp3) is 0.0714. The van der Waals surface area contributed by atoms with E-state index in [0.29, 0.717) is 11.5 Å². The van der Waals surface area contributed by atoms with Crippen LogP contribution >= 0.6 is 11.6 Å². The second-order valence-corrected chi connectivity index (χ2v) is 4.76. The van der Waals surface area contributed by atoms with E-state index in [9.17, 15) is 9.59 Å². The number of Topliss-reactive ketones (excluding diaryl/α,β-unsaturated/α-hetero) is 2. The van der Waals surface area contributed by atoms with Gasteiger partial charge in [-0.25, -0.2) is 4.98 Å². The van der Waals surface area contributed by atoms with Crippen molar-refractivity contribution in [2.75, 3.05) is 5.32 Å². The summed E-state index contributed by atoms with van der Waals surface area (Å²) in [6, 6.07) is 9.04. The number of allylic oxidation sites excluding steroid dienone is 2. The van der Waals surface area contributed by atoms with Gasteiger partial charge in [0.25, 0.3) is 0 Å². The number of anilines is 1. The Balaban J connectivity index is 2.05. The fourth-order valence-corrected chi connectivity index (χ4v) is 2.27. The molecule has 20 heavy (non-hydrogen) atoms. The van der Waals surface area contributed by atoms with E-state index in [4.69, 9.17) is 11.6 Å². The molecular formula is C14H10ClN3O2. The monoisotopic (exact) mass is 287 g/mol.